The molecule has 0 aromatic heterocycles. The smallest absolute Gasteiger partial charge is 0.221 e. The molecule has 5 nitrogen and oxygen atoms in total. The van der Waals surface area contributed by atoms with Crippen LogP contribution in [0.4, 0.5) is 4.39 Å². The van der Waals surface area contributed by atoms with Gasteiger partial charge in [0, 0.05) is 38.2 Å². The molecule has 1 aliphatic carbocycles. The van der Waals surface area contributed by atoms with E-state index in [-0.39, 0.29) is 11.7 Å². The molecule has 0 heterocycles. The summed E-state index contributed by atoms with van der Waals surface area (Å²) in [6.45, 7) is 0.843. The fourth-order valence-corrected chi connectivity index (χ4v) is 2.71. The molecule has 0 atom stereocenters. The molecular formula is C17H25FN4O. The predicted octanol–water partition coefficient (Wildman–Crippen LogP) is 1.94. The summed E-state index contributed by atoms with van der Waals surface area (Å²) in [5.41, 5.74) is 0.578. The van der Waals surface area contributed by atoms with Gasteiger partial charge in [0.2, 0.25) is 5.91 Å². The third-order valence-electron chi connectivity index (χ3n) is 3.99. The van der Waals surface area contributed by atoms with Crippen LogP contribution in [-0.2, 0) is 11.3 Å². The third-order valence-corrected chi connectivity index (χ3v) is 3.99. The average molecular weight is 320 g/mol. The molecule has 0 radical (unpaired) electrons. The van der Waals surface area contributed by atoms with E-state index >= 15 is 0 Å². The molecule has 3 N–H and O–H groups in total. The molecule has 1 aromatic carbocycles. The Morgan fingerprint density at radius 2 is 2.00 bits per heavy atom. The molecule has 6 heteroatoms. The molecule has 126 valence electrons. The van der Waals surface area contributed by atoms with Crippen LogP contribution in [0.15, 0.2) is 29.3 Å². The van der Waals surface area contributed by atoms with Gasteiger partial charge >= 0.3 is 0 Å². The number of halogens is 1. The van der Waals surface area contributed by atoms with Gasteiger partial charge in [-0.2, -0.15) is 0 Å². The van der Waals surface area contributed by atoms with Crippen molar-refractivity contribution >= 4 is 11.9 Å². The number of hydrogen-bond donors (Lipinski definition) is 3. The first kappa shape index (κ1) is 17.2. The molecule has 1 saturated carbocycles. The first-order valence-corrected chi connectivity index (χ1v) is 8.16. The molecule has 1 aliphatic rings. The standard InChI is InChI=1S/C17H25FN4O/c1-19-17(21-12-13-6-2-5-9-15(13)18)20-11-10-16(23)22-14-7-3-4-8-14/h2,5-6,9,14H,3-4,7-8,10-12H2,1H3,(H,22,23)(H2,19,20,21). The monoisotopic (exact) mass is 320 g/mol. The minimum atomic E-state index is -0.244. The number of nitrogens with one attached hydrogen (secondary N) is 3. The molecule has 23 heavy (non-hydrogen) atoms. The minimum Gasteiger partial charge on any atom is -0.356 e. The Morgan fingerprint density at radius 3 is 2.70 bits per heavy atom. The van der Waals surface area contributed by atoms with Gasteiger partial charge in [0.15, 0.2) is 5.96 Å². The number of guanidine groups is 1. The molecule has 0 saturated heterocycles. The number of carbonyl (C=O) groups is 1. The van der Waals surface area contributed by atoms with Gasteiger partial charge in [0.25, 0.3) is 0 Å². The summed E-state index contributed by atoms with van der Waals surface area (Å²) in [6, 6.07) is 6.96. The number of carbonyl (C=O) groups excluding carboxylic acids is 1. The fraction of sp³-hybridized carbons (Fsp3) is 0.529. The van der Waals surface area contributed by atoms with E-state index in [2.05, 4.69) is 20.9 Å². The van der Waals surface area contributed by atoms with Crippen molar-refractivity contribution in [3.05, 3.63) is 35.6 Å². The molecule has 0 bridgehead atoms. The number of nitrogens with zero attached hydrogens (tertiary/aromatic N) is 1. The van der Waals surface area contributed by atoms with Crippen LogP contribution in [0, 0.1) is 5.82 Å². The summed E-state index contributed by atoms with van der Waals surface area (Å²) in [6.07, 6.45) is 4.98. The van der Waals surface area contributed by atoms with Gasteiger partial charge in [0.1, 0.15) is 5.82 Å². The highest BCUT2D eigenvalue weighted by atomic mass is 19.1. The zero-order valence-electron chi connectivity index (χ0n) is 13.6. The van der Waals surface area contributed by atoms with E-state index in [9.17, 15) is 9.18 Å². The Bertz CT molecular complexity index is 541. The molecule has 0 spiro atoms. The van der Waals surface area contributed by atoms with Crippen molar-refractivity contribution < 1.29 is 9.18 Å². The fourth-order valence-electron chi connectivity index (χ4n) is 2.71. The van der Waals surface area contributed by atoms with E-state index in [0.717, 1.165) is 12.8 Å². The van der Waals surface area contributed by atoms with Crippen molar-refractivity contribution in [1.82, 2.24) is 16.0 Å². The summed E-state index contributed by atoms with van der Waals surface area (Å²) in [7, 11) is 1.65. The predicted molar refractivity (Wildman–Crippen MR) is 89.6 cm³/mol. The highest BCUT2D eigenvalue weighted by Crippen LogP contribution is 2.17. The van der Waals surface area contributed by atoms with E-state index in [1.165, 1.54) is 18.9 Å². The van der Waals surface area contributed by atoms with Crippen molar-refractivity contribution in [1.29, 1.82) is 0 Å². The lowest BCUT2D eigenvalue weighted by Gasteiger charge is -2.14. The first-order chi connectivity index (χ1) is 11.2. The second-order valence-electron chi connectivity index (χ2n) is 5.74. The second kappa shape index (κ2) is 9.12. The van der Waals surface area contributed by atoms with Crippen molar-refractivity contribution in [3.63, 3.8) is 0 Å². The van der Waals surface area contributed by atoms with Crippen LogP contribution in [0.1, 0.15) is 37.7 Å². The van der Waals surface area contributed by atoms with E-state index in [1.54, 1.807) is 25.2 Å². The van der Waals surface area contributed by atoms with Crippen molar-refractivity contribution in [2.24, 2.45) is 4.99 Å². The Balaban J connectivity index is 1.66. The lowest BCUT2D eigenvalue weighted by Crippen LogP contribution is -2.40. The lowest BCUT2D eigenvalue weighted by atomic mass is 10.2. The van der Waals surface area contributed by atoms with Gasteiger partial charge in [-0.3, -0.25) is 9.79 Å². The van der Waals surface area contributed by atoms with Crippen LogP contribution in [0.5, 0.6) is 0 Å². The largest absolute Gasteiger partial charge is 0.356 e. The van der Waals surface area contributed by atoms with Gasteiger partial charge in [-0.15, -0.1) is 0 Å². The zero-order valence-corrected chi connectivity index (χ0v) is 13.6. The number of aliphatic imine (C=N–C) groups is 1. The Labute approximate surface area is 136 Å². The van der Waals surface area contributed by atoms with Gasteiger partial charge < -0.3 is 16.0 Å². The SMILES string of the molecule is CN=C(NCCC(=O)NC1CCCC1)NCc1ccccc1F. The van der Waals surface area contributed by atoms with E-state index < -0.39 is 0 Å². The first-order valence-electron chi connectivity index (χ1n) is 8.16. The van der Waals surface area contributed by atoms with E-state index in [1.807, 2.05) is 0 Å². The minimum absolute atomic E-state index is 0.0638. The Kier molecular flexibility index (Phi) is 6.84. The Hall–Kier alpha value is -2.11. The summed E-state index contributed by atoms with van der Waals surface area (Å²) < 4.78 is 13.5. The van der Waals surface area contributed by atoms with Crippen molar-refractivity contribution in [2.45, 2.75) is 44.7 Å². The quantitative estimate of drug-likeness (QED) is 0.554. The summed E-state index contributed by atoms with van der Waals surface area (Å²) in [5.74, 6) is 0.377. The topological polar surface area (TPSA) is 65.5 Å². The number of benzene rings is 1. The molecule has 2 rings (SSSR count). The summed E-state index contributed by atoms with van der Waals surface area (Å²) in [5, 5.41) is 9.16. The van der Waals surface area contributed by atoms with Crippen LogP contribution in [0.25, 0.3) is 0 Å². The number of amides is 1. The van der Waals surface area contributed by atoms with Crippen LogP contribution < -0.4 is 16.0 Å². The highest BCUT2D eigenvalue weighted by Gasteiger charge is 2.16. The maximum absolute atomic E-state index is 13.5. The van der Waals surface area contributed by atoms with Crippen molar-refractivity contribution in [2.75, 3.05) is 13.6 Å². The second-order valence-corrected chi connectivity index (χ2v) is 5.74. The maximum atomic E-state index is 13.5. The lowest BCUT2D eigenvalue weighted by molar-refractivity contribution is -0.121. The normalized spacial score (nSPS) is 15.5. The third kappa shape index (κ3) is 5.88. The summed E-state index contributed by atoms with van der Waals surface area (Å²) >= 11 is 0. The van der Waals surface area contributed by atoms with Gasteiger partial charge in [-0.25, -0.2) is 4.39 Å². The van der Waals surface area contributed by atoms with Gasteiger partial charge in [0.05, 0.1) is 0 Å². The zero-order chi connectivity index (χ0) is 16.5. The summed E-state index contributed by atoms with van der Waals surface area (Å²) in [4.78, 5) is 15.9. The molecule has 1 aromatic rings. The number of rotatable bonds is 6. The molecule has 1 amide bonds. The van der Waals surface area contributed by atoms with Crippen LogP contribution in [0.2, 0.25) is 0 Å². The van der Waals surface area contributed by atoms with Gasteiger partial charge in [-0.1, -0.05) is 31.0 Å². The van der Waals surface area contributed by atoms with Crippen LogP contribution in [0.3, 0.4) is 0 Å². The van der Waals surface area contributed by atoms with E-state index in [4.69, 9.17) is 0 Å². The number of hydrogen-bond acceptors (Lipinski definition) is 2. The van der Waals surface area contributed by atoms with Crippen LogP contribution in [-0.4, -0.2) is 31.5 Å². The highest BCUT2D eigenvalue weighted by molar-refractivity contribution is 5.81. The van der Waals surface area contributed by atoms with E-state index in [0.29, 0.717) is 37.1 Å². The average Bonchev–Trinajstić information content (AvgIpc) is 3.05. The Morgan fingerprint density at radius 1 is 1.26 bits per heavy atom. The van der Waals surface area contributed by atoms with Crippen LogP contribution >= 0.6 is 0 Å². The van der Waals surface area contributed by atoms with Crippen molar-refractivity contribution in [3.8, 4) is 0 Å². The molecule has 0 aliphatic heterocycles. The molecule has 0 unspecified atom stereocenters. The maximum Gasteiger partial charge on any atom is 0.221 e. The molecular weight excluding hydrogens is 295 g/mol. The van der Waals surface area contributed by atoms with Gasteiger partial charge in [-0.05, 0) is 18.9 Å². The molecule has 1 fully saturated rings.